The molecule has 2 heterocycles. The van der Waals surface area contributed by atoms with Gasteiger partial charge in [-0.3, -0.25) is 0 Å². The molecule has 0 radical (unpaired) electrons. The molecular formula is C20H14Cl2F2N6O. The molecule has 0 spiro atoms. The van der Waals surface area contributed by atoms with E-state index in [1.807, 2.05) is 0 Å². The van der Waals surface area contributed by atoms with Crippen LogP contribution in [0.5, 0.6) is 0 Å². The summed E-state index contributed by atoms with van der Waals surface area (Å²) in [4.78, 5) is 3.89. The highest BCUT2D eigenvalue weighted by molar-refractivity contribution is 6.35. The van der Waals surface area contributed by atoms with Gasteiger partial charge in [-0.15, -0.1) is 5.10 Å². The summed E-state index contributed by atoms with van der Waals surface area (Å²) in [5.41, 5.74) is 1.57. The molecular weight excluding hydrogens is 449 g/mol. The number of aromatic nitrogens is 6. The minimum atomic E-state index is -0.772. The second-order valence-corrected chi connectivity index (χ2v) is 7.26. The lowest BCUT2D eigenvalue weighted by molar-refractivity contribution is 0.258. The van der Waals surface area contributed by atoms with Gasteiger partial charge in [0.05, 0.1) is 28.2 Å². The Morgan fingerprint density at radius 2 is 1.97 bits per heavy atom. The highest BCUT2D eigenvalue weighted by Gasteiger charge is 2.17. The number of ether oxygens (including phenoxy) is 1. The van der Waals surface area contributed by atoms with Crippen LogP contribution in [0.3, 0.4) is 0 Å². The van der Waals surface area contributed by atoms with E-state index in [9.17, 15) is 8.78 Å². The molecule has 0 bridgehead atoms. The van der Waals surface area contributed by atoms with E-state index in [1.165, 1.54) is 28.1 Å². The second kappa shape index (κ2) is 8.83. The first-order valence-electron chi connectivity index (χ1n) is 8.93. The van der Waals surface area contributed by atoms with Crippen molar-refractivity contribution in [3.8, 4) is 5.69 Å². The lowest BCUT2D eigenvalue weighted by atomic mass is 10.1. The largest absolute Gasteiger partial charge is 0.485 e. The summed E-state index contributed by atoms with van der Waals surface area (Å²) < 4.78 is 36.6. The van der Waals surface area contributed by atoms with Crippen LogP contribution in [0.4, 0.5) is 8.78 Å². The van der Waals surface area contributed by atoms with Crippen LogP contribution in [0, 0.1) is 11.6 Å². The second-order valence-electron chi connectivity index (χ2n) is 6.42. The lowest BCUT2D eigenvalue weighted by Crippen LogP contribution is -2.04. The molecule has 0 aliphatic rings. The topological polar surface area (TPSA) is 70.7 Å². The third-order valence-electron chi connectivity index (χ3n) is 4.33. The zero-order chi connectivity index (χ0) is 22.0. The Labute approximate surface area is 185 Å². The molecule has 2 aromatic heterocycles. The van der Waals surface area contributed by atoms with E-state index in [4.69, 9.17) is 27.9 Å². The zero-order valence-corrected chi connectivity index (χ0v) is 17.5. The summed E-state index contributed by atoms with van der Waals surface area (Å²) in [5.74, 6) is -1.31. The first kappa shape index (κ1) is 21.0. The molecule has 0 aliphatic carbocycles. The average Bonchev–Trinajstić information content (AvgIpc) is 3.41. The number of hydrogen-bond acceptors (Lipinski definition) is 5. The van der Waals surface area contributed by atoms with Gasteiger partial charge in [-0.1, -0.05) is 28.4 Å². The van der Waals surface area contributed by atoms with E-state index in [0.717, 1.165) is 12.1 Å². The quantitative estimate of drug-likeness (QED) is 0.376. The van der Waals surface area contributed by atoms with Crippen molar-refractivity contribution in [3.05, 3.63) is 88.2 Å². The fraction of sp³-hybridized carbons (Fsp3) is 0.100. The highest BCUT2D eigenvalue weighted by atomic mass is 35.5. The number of hydrogen-bond donors (Lipinski definition) is 0. The molecule has 2 aromatic carbocycles. The summed E-state index contributed by atoms with van der Waals surface area (Å²) in [6.45, 7) is 1.64. The molecule has 0 amide bonds. The maximum absolute atomic E-state index is 14.5. The van der Waals surface area contributed by atoms with E-state index in [2.05, 4.69) is 20.4 Å². The summed E-state index contributed by atoms with van der Waals surface area (Å²) in [6, 6.07) is 8.21. The predicted molar refractivity (Wildman–Crippen MR) is 111 cm³/mol. The summed E-state index contributed by atoms with van der Waals surface area (Å²) in [5, 5.41) is 13.0. The Bertz CT molecular complexity index is 1260. The molecule has 0 fully saturated rings. The van der Waals surface area contributed by atoms with Crippen LogP contribution in [0.15, 0.2) is 55.2 Å². The number of allylic oxidation sites excluding steroid dienone is 1. The van der Waals surface area contributed by atoms with E-state index >= 15 is 0 Å². The van der Waals surface area contributed by atoms with Gasteiger partial charge in [0.1, 0.15) is 36.6 Å². The molecule has 4 aromatic rings. The van der Waals surface area contributed by atoms with Crippen molar-refractivity contribution in [3.63, 3.8) is 0 Å². The smallest absolute Gasteiger partial charge is 0.151 e. The third kappa shape index (κ3) is 4.57. The summed E-state index contributed by atoms with van der Waals surface area (Å²) in [7, 11) is 0. The Kier molecular flexibility index (Phi) is 5.97. The van der Waals surface area contributed by atoms with E-state index in [-0.39, 0.29) is 17.9 Å². The first-order chi connectivity index (χ1) is 14.9. The van der Waals surface area contributed by atoms with Crippen molar-refractivity contribution >= 4 is 34.7 Å². The Balaban J connectivity index is 1.63. The van der Waals surface area contributed by atoms with Gasteiger partial charge in [0, 0.05) is 11.1 Å². The van der Waals surface area contributed by atoms with E-state index in [1.54, 1.807) is 31.3 Å². The third-order valence-corrected chi connectivity index (χ3v) is 4.87. The Morgan fingerprint density at radius 3 is 2.68 bits per heavy atom. The normalized spacial score (nSPS) is 12.0. The zero-order valence-electron chi connectivity index (χ0n) is 16.0. The molecule has 31 heavy (non-hydrogen) atoms. The van der Waals surface area contributed by atoms with Gasteiger partial charge in [0.15, 0.2) is 5.76 Å². The van der Waals surface area contributed by atoms with Crippen molar-refractivity contribution < 1.29 is 13.5 Å². The van der Waals surface area contributed by atoms with E-state index < -0.39 is 11.6 Å². The molecule has 158 valence electrons. The van der Waals surface area contributed by atoms with Crippen molar-refractivity contribution in [2.45, 2.75) is 13.5 Å². The molecule has 0 saturated carbocycles. The van der Waals surface area contributed by atoms with Crippen LogP contribution >= 0.6 is 23.2 Å². The highest BCUT2D eigenvalue weighted by Crippen LogP contribution is 2.27. The fourth-order valence-electron chi connectivity index (χ4n) is 2.83. The maximum atomic E-state index is 14.5. The van der Waals surface area contributed by atoms with Crippen LogP contribution < -0.4 is 0 Å². The average molecular weight is 463 g/mol. The minimum absolute atomic E-state index is 0.0383. The molecule has 11 heteroatoms. The van der Waals surface area contributed by atoms with Crippen LogP contribution in [-0.4, -0.2) is 29.8 Å². The van der Waals surface area contributed by atoms with Gasteiger partial charge in [0.2, 0.25) is 0 Å². The Hall–Kier alpha value is -3.30. The van der Waals surface area contributed by atoms with Gasteiger partial charge >= 0.3 is 0 Å². The predicted octanol–water partition coefficient (Wildman–Crippen LogP) is 5.01. The molecule has 7 nitrogen and oxygen atoms in total. The molecule has 0 saturated heterocycles. The van der Waals surface area contributed by atoms with Gasteiger partial charge in [-0.25, -0.2) is 23.1 Å². The number of rotatable bonds is 6. The number of halogens is 4. The van der Waals surface area contributed by atoms with Crippen LogP contribution in [0.25, 0.3) is 17.1 Å². The Morgan fingerprint density at radius 1 is 1.13 bits per heavy atom. The molecule has 0 atom stereocenters. The van der Waals surface area contributed by atoms with Crippen molar-refractivity contribution in [1.82, 2.24) is 29.8 Å². The van der Waals surface area contributed by atoms with Crippen LogP contribution in [0.1, 0.15) is 18.2 Å². The maximum Gasteiger partial charge on any atom is 0.151 e. The van der Waals surface area contributed by atoms with Crippen molar-refractivity contribution in [1.29, 1.82) is 0 Å². The number of benzene rings is 2. The minimum Gasteiger partial charge on any atom is -0.485 e. The summed E-state index contributed by atoms with van der Waals surface area (Å²) >= 11 is 12.1. The van der Waals surface area contributed by atoms with Crippen LogP contribution in [0.2, 0.25) is 10.0 Å². The molecule has 4 rings (SSSR count). The molecule has 0 N–H and O–H groups in total. The molecule has 0 aliphatic heterocycles. The van der Waals surface area contributed by atoms with Gasteiger partial charge in [0.25, 0.3) is 0 Å². The van der Waals surface area contributed by atoms with Gasteiger partial charge in [-0.2, -0.15) is 5.10 Å². The van der Waals surface area contributed by atoms with Crippen LogP contribution in [-0.2, 0) is 11.3 Å². The summed E-state index contributed by atoms with van der Waals surface area (Å²) in [6.07, 6.45) is 4.40. The lowest BCUT2D eigenvalue weighted by Gasteiger charge is -2.14. The fourth-order valence-corrected chi connectivity index (χ4v) is 3.33. The number of nitrogens with zero attached hydrogens (tertiary/aromatic N) is 6. The monoisotopic (exact) mass is 462 g/mol. The SMILES string of the molecule is C/C(=C(/OCc1cn(-c2ccc(Cl)cc2Cl)nn1)c1ccc(F)cc1F)n1cncn1. The van der Waals surface area contributed by atoms with Crippen molar-refractivity contribution in [2.24, 2.45) is 0 Å². The standard InChI is InChI=1S/C20H14Cl2F2N6O/c1-12(30-11-25-10-26-30)20(16-4-3-14(23)7-18(16)24)31-9-15-8-29(28-27-15)19-5-2-13(21)6-17(19)22/h2-8,10-11H,9H2,1H3/b20-12-. The van der Waals surface area contributed by atoms with Gasteiger partial charge in [-0.05, 0) is 37.3 Å². The van der Waals surface area contributed by atoms with E-state index in [0.29, 0.717) is 27.1 Å². The van der Waals surface area contributed by atoms with Crippen molar-refractivity contribution in [2.75, 3.05) is 0 Å². The molecule has 0 unspecified atom stereocenters. The van der Waals surface area contributed by atoms with Gasteiger partial charge < -0.3 is 4.74 Å². The first-order valence-corrected chi connectivity index (χ1v) is 9.68.